The van der Waals surface area contributed by atoms with Gasteiger partial charge in [0.25, 0.3) is 0 Å². The van der Waals surface area contributed by atoms with Crippen LogP contribution in [0.3, 0.4) is 0 Å². The molecule has 112 valence electrons. The molecule has 0 heterocycles. The van der Waals surface area contributed by atoms with Crippen LogP contribution in [0.2, 0.25) is 0 Å². The van der Waals surface area contributed by atoms with Gasteiger partial charge in [0.05, 0.1) is 0 Å². The molecule has 0 spiro atoms. The summed E-state index contributed by atoms with van der Waals surface area (Å²) in [7, 11) is 2.00. The lowest BCUT2D eigenvalue weighted by molar-refractivity contribution is -0.132. The first-order chi connectivity index (χ1) is 9.19. The third-order valence-corrected chi connectivity index (χ3v) is 4.55. The summed E-state index contributed by atoms with van der Waals surface area (Å²) in [6, 6.07) is 0.500. The average Bonchev–Trinajstić information content (AvgIpc) is 2.45. The average molecular weight is 268 g/mol. The highest BCUT2D eigenvalue weighted by Gasteiger charge is 2.22. The van der Waals surface area contributed by atoms with E-state index in [4.69, 9.17) is 5.73 Å². The normalized spacial score (nSPS) is 18.3. The van der Waals surface area contributed by atoms with Crippen LogP contribution in [0.5, 0.6) is 0 Å². The van der Waals surface area contributed by atoms with Gasteiger partial charge in [-0.15, -0.1) is 0 Å². The molecule has 0 saturated heterocycles. The van der Waals surface area contributed by atoms with Crippen molar-refractivity contribution in [3.05, 3.63) is 0 Å². The monoisotopic (exact) mass is 268 g/mol. The van der Waals surface area contributed by atoms with Crippen molar-refractivity contribution in [2.24, 2.45) is 11.7 Å². The third kappa shape index (κ3) is 5.94. The minimum atomic E-state index is 0.338. The lowest BCUT2D eigenvalue weighted by Gasteiger charge is -2.31. The Labute approximate surface area is 118 Å². The Morgan fingerprint density at radius 1 is 1.21 bits per heavy atom. The van der Waals surface area contributed by atoms with Crippen molar-refractivity contribution in [2.75, 3.05) is 13.6 Å². The Bertz CT molecular complexity index is 243. The lowest BCUT2D eigenvalue weighted by Crippen LogP contribution is -2.38. The van der Waals surface area contributed by atoms with Crippen molar-refractivity contribution in [1.29, 1.82) is 0 Å². The summed E-state index contributed by atoms with van der Waals surface area (Å²) >= 11 is 0. The van der Waals surface area contributed by atoms with Gasteiger partial charge in [-0.2, -0.15) is 0 Å². The fourth-order valence-corrected chi connectivity index (χ4v) is 3.25. The minimum Gasteiger partial charge on any atom is -0.343 e. The molecule has 1 aliphatic rings. The van der Waals surface area contributed by atoms with Crippen molar-refractivity contribution in [1.82, 2.24) is 4.90 Å². The highest BCUT2D eigenvalue weighted by atomic mass is 16.2. The second-order valence-corrected chi connectivity index (χ2v) is 6.07. The summed E-state index contributed by atoms with van der Waals surface area (Å²) in [5.41, 5.74) is 5.65. The Morgan fingerprint density at radius 3 is 2.47 bits per heavy atom. The van der Waals surface area contributed by atoms with Crippen LogP contribution < -0.4 is 5.73 Å². The summed E-state index contributed by atoms with van der Waals surface area (Å²) in [6.45, 7) is 2.96. The van der Waals surface area contributed by atoms with Gasteiger partial charge in [0.1, 0.15) is 0 Å². The Balaban J connectivity index is 2.31. The zero-order chi connectivity index (χ0) is 14.1. The van der Waals surface area contributed by atoms with E-state index in [-0.39, 0.29) is 0 Å². The molecule has 1 fully saturated rings. The summed E-state index contributed by atoms with van der Waals surface area (Å²) in [4.78, 5) is 14.3. The molecule has 0 aromatic rings. The summed E-state index contributed by atoms with van der Waals surface area (Å²) < 4.78 is 0. The number of amides is 1. The van der Waals surface area contributed by atoms with Gasteiger partial charge >= 0.3 is 0 Å². The molecule has 1 rings (SSSR count). The molecule has 1 unspecified atom stereocenters. The van der Waals surface area contributed by atoms with Crippen LogP contribution in [0.4, 0.5) is 0 Å². The second-order valence-electron chi connectivity index (χ2n) is 6.07. The van der Waals surface area contributed by atoms with Crippen LogP contribution in [0.15, 0.2) is 0 Å². The zero-order valence-electron chi connectivity index (χ0n) is 12.9. The number of nitrogens with two attached hydrogens (primary N) is 1. The van der Waals surface area contributed by atoms with Gasteiger partial charge in [0.15, 0.2) is 0 Å². The van der Waals surface area contributed by atoms with Crippen LogP contribution in [-0.2, 0) is 4.79 Å². The van der Waals surface area contributed by atoms with Gasteiger partial charge < -0.3 is 10.6 Å². The van der Waals surface area contributed by atoms with Crippen molar-refractivity contribution < 1.29 is 4.79 Å². The van der Waals surface area contributed by atoms with Gasteiger partial charge in [-0.25, -0.2) is 0 Å². The highest BCUT2D eigenvalue weighted by molar-refractivity contribution is 5.76. The van der Waals surface area contributed by atoms with Crippen LogP contribution in [-0.4, -0.2) is 30.4 Å². The first-order valence-electron chi connectivity index (χ1n) is 8.14. The molecule has 0 bridgehead atoms. The predicted octanol–water partition coefficient (Wildman–Crippen LogP) is 3.32. The fraction of sp³-hybridized carbons (Fsp3) is 0.938. The van der Waals surface area contributed by atoms with Crippen LogP contribution in [0, 0.1) is 5.92 Å². The van der Waals surface area contributed by atoms with Gasteiger partial charge in [-0.05, 0) is 38.1 Å². The fourth-order valence-electron chi connectivity index (χ4n) is 3.25. The Hall–Kier alpha value is -0.570. The molecule has 0 aromatic heterocycles. The van der Waals surface area contributed by atoms with E-state index in [0.29, 0.717) is 24.3 Å². The molecule has 0 radical (unpaired) electrons. The van der Waals surface area contributed by atoms with E-state index in [1.54, 1.807) is 0 Å². The molecule has 19 heavy (non-hydrogen) atoms. The molecule has 0 aromatic carbocycles. The number of hydrogen-bond acceptors (Lipinski definition) is 2. The third-order valence-electron chi connectivity index (χ3n) is 4.55. The number of hydrogen-bond donors (Lipinski definition) is 1. The van der Waals surface area contributed by atoms with E-state index in [2.05, 4.69) is 6.92 Å². The first kappa shape index (κ1) is 16.5. The van der Waals surface area contributed by atoms with E-state index in [1.165, 1.54) is 44.9 Å². The van der Waals surface area contributed by atoms with Crippen molar-refractivity contribution in [3.8, 4) is 0 Å². The molecule has 0 aliphatic heterocycles. The largest absolute Gasteiger partial charge is 0.343 e. The highest BCUT2D eigenvalue weighted by Crippen LogP contribution is 2.23. The number of carbonyl (C=O) groups is 1. The van der Waals surface area contributed by atoms with Gasteiger partial charge in [0.2, 0.25) is 5.91 Å². The van der Waals surface area contributed by atoms with Crippen molar-refractivity contribution in [2.45, 2.75) is 77.2 Å². The van der Waals surface area contributed by atoms with E-state index < -0.39 is 0 Å². The molecule has 1 amide bonds. The Kier molecular flexibility index (Phi) is 8.11. The number of nitrogens with zero attached hydrogens (tertiary/aromatic N) is 1. The van der Waals surface area contributed by atoms with Crippen molar-refractivity contribution in [3.63, 3.8) is 0 Å². The van der Waals surface area contributed by atoms with Crippen LogP contribution in [0.25, 0.3) is 0 Å². The molecule has 1 atom stereocenters. The second kappa shape index (κ2) is 9.35. The minimum absolute atomic E-state index is 0.338. The number of rotatable bonds is 8. The van der Waals surface area contributed by atoms with Crippen molar-refractivity contribution >= 4 is 5.91 Å². The summed E-state index contributed by atoms with van der Waals surface area (Å²) in [5.74, 6) is 0.976. The number of carbonyl (C=O) groups excluding carboxylic acids is 1. The molecule has 1 saturated carbocycles. The quantitative estimate of drug-likeness (QED) is 0.734. The molecule has 2 N–H and O–H groups in total. The van der Waals surface area contributed by atoms with E-state index in [1.807, 2.05) is 11.9 Å². The topological polar surface area (TPSA) is 46.3 Å². The first-order valence-corrected chi connectivity index (χ1v) is 8.14. The molecule has 1 aliphatic carbocycles. The standard InChI is InChI=1S/C16H32N2O/c1-3-7-14(12-13-17)10-11-16(19)18(2)15-8-5-4-6-9-15/h14-15H,3-13,17H2,1-2H3. The predicted molar refractivity (Wildman–Crippen MR) is 80.9 cm³/mol. The van der Waals surface area contributed by atoms with E-state index in [0.717, 1.165) is 19.4 Å². The van der Waals surface area contributed by atoms with Gasteiger partial charge in [0, 0.05) is 19.5 Å². The maximum absolute atomic E-state index is 12.2. The van der Waals surface area contributed by atoms with Gasteiger partial charge in [-0.1, -0.05) is 39.0 Å². The summed E-state index contributed by atoms with van der Waals surface area (Å²) in [6.07, 6.45) is 11.5. The van der Waals surface area contributed by atoms with Gasteiger partial charge in [-0.3, -0.25) is 4.79 Å². The maximum atomic E-state index is 12.2. The molecular weight excluding hydrogens is 236 g/mol. The Morgan fingerprint density at radius 2 is 1.89 bits per heavy atom. The molecule has 3 nitrogen and oxygen atoms in total. The SMILES string of the molecule is CCCC(CCN)CCC(=O)N(C)C1CCCCC1. The molecular formula is C16H32N2O. The van der Waals surface area contributed by atoms with E-state index in [9.17, 15) is 4.79 Å². The smallest absolute Gasteiger partial charge is 0.222 e. The molecule has 3 heteroatoms. The van der Waals surface area contributed by atoms with Crippen LogP contribution >= 0.6 is 0 Å². The maximum Gasteiger partial charge on any atom is 0.222 e. The summed E-state index contributed by atoms with van der Waals surface area (Å²) in [5, 5.41) is 0. The lowest BCUT2D eigenvalue weighted by atomic mass is 9.92. The zero-order valence-corrected chi connectivity index (χ0v) is 12.9. The van der Waals surface area contributed by atoms with Crippen LogP contribution in [0.1, 0.15) is 71.1 Å². The van der Waals surface area contributed by atoms with E-state index >= 15 is 0 Å².